The molecule has 1 fully saturated rings. The van der Waals surface area contributed by atoms with E-state index in [1.54, 1.807) is 0 Å². The summed E-state index contributed by atoms with van der Waals surface area (Å²) in [6, 6.07) is 4.02. The van der Waals surface area contributed by atoms with Gasteiger partial charge in [0.25, 0.3) is 0 Å². The summed E-state index contributed by atoms with van der Waals surface area (Å²) in [5.41, 5.74) is 2.21. The Kier molecular flexibility index (Phi) is 2.46. The fourth-order valence-corrected chi connectivity index (χ4v) is 3.17. The zero-order chi connectivity index (χ0) is 13.0. The van der Waals surface area contributed by atoms with E-state index < -0.39 is 0 Å². The van der Waals surface area contributed by atoms with Crippen molar-refractivity contribution < 1.29 is 4.42 Å². The van der Waals surface area contributed by atoms with Crippen LogP contribution in [0.1, 0.15) is 42.7 Å². The van der Waals surface area contributed by atoms with E-state index in [4.69, 9.17) is 16.0 Å². The summed E-state index contributed by atoms with van der Waals surface area (Å²) < 4.78 is 5.90. The molecule has 2 aromatic rings. The Labute approximate surface area is 117 Å². The van der Waals surface area contributed by atoms with Crippen LogP contribution in [0.15, 0.2) is 16.5 Å². The van der Waals surface area contributed by atoms with Gasteiger partial charge in [0, 0.05) is 17.2 Å². The van der Waals surface area contributed by atoms with Crippen molar-refractivity contribution in [3.63, 3.8) is 0 Å². The van der Waals surface area contributed by atoms with E-state index in [1.165, 1.54) is 6.42 Å². The number of hydrogen-bond donors (Lipinski definition) is 0. The Balaban J connectivity index is 1.72. The third kappa shape index (κ3) is 1.88. The van der Waals surface area contributed by atoms with Crippen LogP contribution in [0.4, 0.5) is 0 Å². The van der Waals surface area contributed by atoms with Gasteiger partial charge in [-0.1, -0.05) is 18.5 Å². The second kappa shape index (κ2) is 4.07. The van der Waals surface area contributed by atoms with Crippen molar-refractivity contribution in [2.75, 3.05) is 0 Å². The smallest absolute Gasteiger partial charge is 0.197 e. The minimum Gasteiger partial charge on any atom is -0.457 e. The molecule has 2 aliphatic carbocycles. The van der Waals surface area contributed by atoms with E-state index >= 15 is 0 Å². The number of halogens is 1. The van der Waals surface area contributed by atoms with Crippen LogP contribution >= 0.6 is 11.6 Å². The van der Waals surface area contributed by atoms with Crippen LogP contribution in [0.5, 0.6) is 0 Å². The van der Waals surface area contributed by atoms with E-state index in [0.29, 0.717) is 16.9 Å². The third-order valence-corrected chi connectivity index (χ3v) is 4.52. The molecule has 19 heavy (non-hydrogen) atoms. The monoisotopic (exact) mass is 274 g/mol. The Hall–Kier alpha value is -1.35. The average Bonchev–Trinajstić information content (AvgIpc) is 2.88. The molecule has 2 atom stereocenters. The summed E-state index contributed by atoms with van der Waals surface area (Å²) in [4.78, 5) is 8.99. The minimum absolute atomic E-state index is 0.582. The van der Waals surface area contributed by atoms with Crippen LogP contribution in [0.25, 0.3) is 11.6 Å². The molecule has 2 aromatic heterocycles. The second-order valence-electron chi connectivity index (χ2n) is 5.64. The summed E-state index contributed by atoms with van der Waals surface area (Å²) in [6.07, 6.45) is 4.34. The maximum Gasteiger partial charge on any atom is 0.197 e. The molecule has 1 saturated carbocycles. The summed E-state index contributed by atoms with van der Waals surface area (Å²) >= 11 is 6.24. The Morgan fingerprint density at radius 2 is 2.11 bits per heavy atom. The highest BCUT2D eigenvalue weighted by Gasteiger charge is 2.36. The summed E-state index contributed by atoms with van der Waals surface area (Å²) in [7, 11) is 0. The molecular weight excluding hydrogens is 260 g/mol. The van der Waals surface area contributed by atoms with E-state index in [-0.39, 0.29) is 0 Å². The first kappa shape index (κ1) is 11.5. The first-order valence-corrected chi connectivity index (χ1v) is 7.25. The molecule has 0 radical (unpaired) electrons. The zero-order valence-corrected chi connectivity index (χ0v) is 11.6. The van der Waals surface area contributed by atoms with Crippen LogP contribution in [0, 0.1) is 5.92 Å². The number of aromatic nitrogens is 2. The van der Waals surface area contributed by atoms with Gasteiger partial charge >= 0.3 is 0 Å². The molecule has 2 heterocycles. The lowest BCUT2D eigenvalue weighted by Crippen LogP contribution is -1.96. The zero-order valence-electron chi connectivity index (χ0n) is 10.8. The van der Waals surface area contributed by atoms with Gasteiger partial charge in [-0.05, 0) is 43.7 Å². The van der Waals surface area contributed by atoms with Crippen LogP contribution in [-0.2, 0) is 12.8 Å². The van der Waals surface area contributed by atoms with Crippen molar-refractivity contribution in [1.82, 2.24) is 9.97 Å². The first-order valence-electron chi connectivity index (χ1n) is 6.88. The fourth-order valence-electron chi connectivity index (χ4n) is 2.89. The molecule has 0 bridgehead atoms. The highest BCUT2D eigenvalue weighted by atomic mass is 35.5. The van der Waals surface area contributed by atoms with Crippen LogP contribution < -0.4 is 0 Å². The lowest BCUT2D eigenvalue weighted by molar-refractivity contribution is 0.514. The van der Waals surface area contributed by atoms with Gasteiger partial charge < -0.3 is 4.42 Å². The molecule has 0 saturated heterocycles. The van der Waals surface area contributed by atoms with Gasteiger partial charge in [-0.3, -0.25) is 0 Å². The second-order valence-corrected chi connectivity index (χ2v) is 6.00. The summed E-state index contributed by atoms with van der Waals surface area (Å²) in [6.45, 7) is 2.25. The predicted molar refractivity (Wildman–Crippen MR) is 73.3 cm³/mol. The number of aryl methyl sites for hydroxylation is 1. The molecule has 0 aliphatic heterocycles. The molecule has 4 rings (SSSR count). The quantitative estimate of drug-likeness (QED) is 0.777. The SMILES string of the molecule is CC1CC1c1ccc(-c2nc(Cl)c3c(n2)CCC3)o1. The number of hydrogen-bond acceptors (Lipinski definition) is 3. The Morgan fingerprint density at radius 3 is 2.89 bits per heavy atom. The maximum atomic E-state index is 6.24. The molecule has 0 amide bonds. The van der Waals surface area contributed by atoms with Crippen molar-refractivity contribution in [2.45, 2.75) is 38.5 Å². The standard InChI is InChI=1S/C15H15ClN2O/c1-8-7-10(8)12-5-6-13(19-12)15-17-11-4-2-3-9(11)14(16)18-15/h5-6,8,10H,2-4,7H2,1H3. The molecule has 4 heteroatoms. The highest BCUT2D eigenvalue weighted by Crippen LogP contribution is 2.48. The van der Waals surface area contributed by atoms with Crippen LogP contribution in [0.3, 0.4) is 0 Å². The lowest BCUT2D eigenvalue weighted by Gasteiger charge is -2.03. The van der Waals surface area contributed by atoms with Crippen LogP contribution in [-0.4, -0.2) is 9.97 Å². The van der Waals surface area contributed by atoms with Crippen molar-refractivity contribution in [3.8, 4) is 11.6 Å². The maximum absolute atomic E-state index is 6.24. The third-order valence-electron chi connectivity index (χ3n) is 4.20. The Morgan fingerprint density at radius 1 is 1.26 bits per heavy atom. The molecule has 0 N–H and O–H groups in total. The molecule has 2 aliphatic rings. The van der Waals surface area contributed by atoms with Crippen molar-refractivity contribution >= 4 is 11.6 Å². The molecule has 2 unspecified atom stereocenters. The molecule has 0 aromatic carbocycles. The predicted octanol–water partition coefficient (Wildman–Crippen LogP) is 4.00. The Bertz CT molecular complexity index is 650. The van der Waals surface area contributed by atoms with Crippen molar-refractivity contribution in [1.29, 1.82) is 0 Å². The van der Waals surface area contributed by atoms with Gasteiger partial charge in [0.15, 0.2) is 11.6 Å². The molecule has 0 spiro atoms. The highest BCUT2D eigenvalue weighted by molar-refractivity contribution is 6.30. The van der Waals surface area contributed by atoms with Crippen LogP contribution in [0.2, 0.25) is 5.15 Å². The van der Waals surface area contributed by atoms with Crippen molar-refractivity contribution in [3.05, 3.63) is 34.3 Å². The van der Waals surface area contributed by atoms with E-state index in [1.807, 2.05) is 12.1 Å². The topological polar surface area (TPSA) is 38.9 Å². The molecule has 98 valence electrons. The van der Waals surface area contributed by atoms with Gasteiger partial charge in [-0.2, -0.15) is 0 Å². The number of fused-ring (bicyclic) bond motifs is 1. The summed E-state index contributed by atoms with van der Waals surface area (Å²) in [5, 5.41) is 0.593. The van der Waals surface area contributed by atoms with Gasteiger partial charge in [0.05, 0.1) is 0 Å². The fraction of sp³-hybridized carbons (Fsp3) is 0.467. The minimum atomic E-state index is 0.582. The number of rotatable bonds is 2. The summed E-state index contributed by atoms with van der Waals surface area (Å²) in [5.74, 6) is 3.75. The van der Waals surface area contributed by atoms with E-state index in [0.717, 1.165) is 48.0 Å². The van der Waals surface area contributed by atoms with Gasteiger partial charge in [-0.15, -0.1) is 0 Å². The number of furan rings is 1. The van der Waals surface area contributed by atoms with E-state index in [2.05, 4.69) is 16.9 Å². The lowest BCUT2D eigenvalue weighted by atomic mass is 10.2. The molecule has 3 nitrogen and oxygen atoms in total. The van der Waals surface area contributed by atoms with E-state index in [9.17, 15) is 0 Å². The van der Waals surface area contributed by atoms with Gasteiger partial charge in [0.1, 0.15) is 10.9 Å². The normalized spacial score (nSPS) is 24.5. The van der Waals surface area contributed by atoms with Gasteiger partial charge in [0.2, 0.25) is 0 Å². The van der Waals surface area contributed by atoms with Crippen molar-refractivity contribution in [2.24, 2.45) is 5.92 Å². The molecular formula is C15H15ClN2O. The largest absolute Gasteiger partial charge is 0.457 e. The average molecular weight is 275 g/mol. The van der Waals surface area contributed by atoms with Gasteiger partial charge in [-0.25, -0.2) is 9.97 Å². The first-order chi connectivity index (χ1) is 9.22. The number of nitrogens with zero attached hydrogens (tertiary/aromatic N) is 2.